The van der Waals surface area contributed by atoms with Gasteiger partial charge in [0.15, 0.2) is 5.65 Å². The molecule has 2 N–H and O–H groups in total. The number of aromatic nitrogens is 3. The van der Waals surface area contributed by atoms with Gasteiger partial charge in [-0.25, -0.2) is 4.52 Å². The Balaban J connectivity index is 1.97. The molecule has 0 spiro atoms. The van der Waals surface area contributed by atoms with E-state index in [0.29, 0.717) is 5.95 Å². The second-order valence-electron chi connectivity index (χ2n) is 4.21. The van der Waals surface area contributed by atoms with E-state index in [1.165, 1.54) is 24.9 Å². The Kier molecular flexibility index (Phi) is 2.16. The molecule has 0 bridgehead atoms. The lowest BCUT2D eigenvalue weighted by Gasteiger charge is -2.28. The number of piperidine rings is 1. The van der Waals surface area contributed by atoms with Gasteiger partial charge in [-0.15, -0.1) is 5.10 Å². The summed E-state index contributed by atoms with van der Waals surface area (Å²) in [6.45, 7) is 2.28. The third-order valence-corrected chi connectivity index (χ3v) is 3.06. The Morgan fingerprint density at radius 2 is 2.00 bits per heavy atom. The molecular formula is C11H15N5. The molecule has 0 radical (unpaired) electrons. The fourth-order valence-electron chi connectivity index (χ4n) is 2.24. The molecule has 0 saturated carbocycles. The van der Waals surface area contributed by atoms with Gasteiger partial charge in [-0.2, -0.15) is 4.98 Å². The average Bonchev–Trinajstić information content (AvgIpc) is 2.69. The lowest BCUT2D eigenvalue weighted by atomic mass is 10.1. The van der Waals surface area contributed by atoms with Crippen LogP contribution in [0, 0.1) is 0 Å². The highest BCUT2D eigenvalue weighted by Crippen LogP contribution is 2.20. The molecule has 0 atom stereocenters. The van der Waals surface area contributed by atoms with Gasteiger partial charge in [-0.3, -0.25) is 0 Å². The molecule has 2 aromatic rings. The average molecular weight is 217 g/mol. The highest BCUT2D eigenvalue weighted by atomic mass is 15.3. The van der Waals surface area contributed by atoms with Gasteiger partial charge in [0.25, 0.3) is 0 Å². The van der Waals surface area contributed by atoms with Crippen molar-refractivity contribution in [1.82, 2.24) is 14.6 Å². The highest BCUT2D eigenvalue weighted by Gasteiger charge is 2.11. The van der Waals surface area contributed by atoms with Gasteiger partial charge in [-0.05, 0) is 25.3 Å². The summed E-state index contributed by atoms with van der Waals surface area (Å²) < 4.78 is 1.71. The summed E-state index contributed by atoms with van der Waals surface area (Å²) >= 11 is 0. The molecule has 5 heteroatoms. The Labute approximate surface area is 93.9 Å². The SMILES string of the molecule is Nc1nc2cc(N3CCCCC3)ccn2n1. The van der Waals surface area contributed by atoms with Crippen molar-refractivity contribution in [2.75, 3.05) is 23.7 Å². The van der Waals surface area contributed by atoms with Crippen molar-refractivity contribution in [2.24, 2.45) is 0 Å². The number of rotatable bonds is 1. The number of nitrogens with zero attached hydrogens (tertiary/aromatic N) is 4. The largest absolute Gasteiger partial charge is 0.371 e. The molecule has 0 aromatic carbocycles. The molecule has 2 aromatic heterocycles. The number of hydrogen-bond donors (Lipinski definition) is 1. The molecule has 1 aliphatic heterocycles. The van der Waals surface area contributed by atoms with Gasteiger partial charge in [0, 0.05) is 31.0 Å². The van der Waals surface area contributed by atoms with Crippen molar-refractivity contribution in [1.29, 1.82) is 0 Å². The smallest absolute Gasteiger partial charge is 0.240 e. The minimum atomic E-state index is 0.329. The fourth-order valence-corrected chi connectivity index (χ4v) is 2.24. The first-order chi connectivity index (χ1) is 7.83. The van der Waals surface area contributed by atoms with Gasteiger partial charge in [-0.1, -0.05) is 0 Å². The predicted molar refractivity (Wildman–Crippen MR) is 63.5 cm³/mol. The first-order valence-corrected chi connectivity index (χ1v) is 5.70. The molecule has 5 nitrogen and oxygen atoms in total. The Bertz CT molecular complexity index is 498. The third-order valence-electron chi connectivity index (χ3n) is 3.06. The van der Waals surface area contributed by atoms with Crippen LogP contribution in [0.1, 0.15) is 19.3 Å². The van der Waals surface area contributed by atoms with E-state index in [-0.39, 0.29) is 0 Å². The van der Waals surface area contributed by atoms with Crippen LogP contribution in [0.4, 0.5) is 11.6 Å². The topological polar surface area (TPSA) is 59.5 Å². The third kappa shape index (κ3) is 1.58. The Hall–Kier alpha value is -1.78. The zero-order valence-electron chi connectivity index (χ0n) is 9.13. The van der Waals surface area contributed by atoms with E-state index < -0.39 is 0 Å². The van der Waals surface area contributed by atoms with Gasteiger partial charge in [0.05, 0.1) is 0 Å². The summed E-state index contributed by atoms with van der Waals surface area (Å²) in [6, 6.07) is 4.13. The van der Waals surface area contributed by atoms with Crippen LogP contribution >= 0.6 is 0 Å². The molecule has 3 rings (SSSR count). The van der Waals surface area contributed by atoms with E-state index in [0.717, 1.165) is 18.7 Å². The second kappa shape index (κ2) is 3.66. The molecule has 0 unspecified atom stereocenters. The summed E-state index contributed by atoms with van der Waals surface area (Å²) in [7, 11) is 0. The minimum Gasteiger partial charge on any atom is -0.371 e. The zero-order valence-corrected chi connectivity index (χ0v) is 9.13. The number of hydrogen-bond acceptors (Lipinski definition) is 4. The van der Waals surface area contributed by atoms with Crippen molar-refractivity contribution in [3.8, 4) is 0 Å². The zero-order chi connectivity index (χ0) is 11.0. The molecule has 1 saturated heterocycles. The minimum absolute atomic E-state index is 0.329. The lowest BCUT2D eigenvalue weighted by Crippen LogP contribution is -2.29. The van der Waals surface area contributed by atoms with Crippen LogP contribution in [-0.4, -0.2) is 27.7 Å². The molecule has 0 amide bonds. The van der Waals surface area contributed by atoms with E-state index in [1.54, 1.807) is 4.52 Å². The molecule has 3 heterocycles. The summed E-state index contributed by atoms with van der Waals surface area (Å²) in [5.74, 6) is 0.329. The number of pyridine rings is 1. The molecular weight excluding hydrogens is 202 g/mol. The summed E-state index contributed by atoms with van der Waals surface area (Å²) in [6.07, 6.45) is 5.82. The van der Waals surface area contributed by atoms with Gasteiger partial charge in [0.1, 0.15) is 0 Å². The van der Waals surface area contributed by atoms with Gasteiger partial charge >= 0.3 is 0 Å². The predicted octanol–water partition coefficient (Wildman–Crippen LogP) is 1.30. The number of fused-ring (bicyclic) bond motifs is 1. The van der Waals surface area contributed by atoms with Gasteiger partial charge in [0.2, 0.25) is 5.95 Å². The normalized spacial score (nSPS) is 16.9. The van der Waals surface area contributed by atoms with E-state index in [1.807, 2.05) is 6.20 Å². The lowest BCUT2D eigenvalue weighted by molar-refractivity contribution is 0.577. The molecule has 1 aliphatic rings. The standard InChI is InChI=1S/C11H15N5/c12-11-13-10-8-9(4-7-16(10)14-11)15-5-2-1-3-6-15/h4,7-8H,1-3,5-6H2,(H2,12,14). The first-order valence-electron chi connectivity index (χ1n) is 5.70. The maximum Gasteiger partial charge on any atom is 0.240 e. The van der Waals surface area contributed by atoms with Crippen molar-refractivity contribution in [3.05, 3.63) is 18.3 Å². The molecule has 84 valence electrons. The Morgan fingerprint density at radius 3 is 2.81 bits per heavy atom. The van der Waals surface area contributed by atoms with E-state index in [4.69, 9.17) is 5.73 Å². The van der Waals surface area contributed by atoms with Crippen LogP contribution in [-0.2, 0) is 0 Å². The molecule has 0 aliphatic carbocycles. The van der Waals surface area contributed by atoms with E-state index in [2.05, 4.69) is 27.1 Å². The van der Waals surface area contributed by atoms with E-state index in [9.17, 15) is 0 Å². The van der Waals surface area contributed by atoms with Crippen LogP contribution in [0.15, 0.2) is 18.3 Å². The summed E-state index contributed by atoms with van der Waals surface area (Å²) in [4.78, 5) is 6.57. The summed E-state index contributed by atoms with van der Waals surface area (Å²) in [5.41, 5.74) is 7.60. The van der Waals surface area contributed by atoms with Gasteiger partial charge < -0.3 is 10.6 Å². The number of nitrogens with two attached hydrogens (primary N) is 1. The van der Waals surface area contributed by atoms with Crippen molar-refractivity contribution < 1.29 is 0 Å². The fraction of sp³-hybridized carbons (Fsp3) is 0.455. The van der Waals surface area contributed by atoms with Crippen LogP contribution < -0.4 is 10.6 Å². The molecule has 16 heavy (non-hydrogen) atoms. The van der Waals surface area contributed by atoms with Crippen molar-refractivity contribution in [3.63, 3.8) is 0 Å². The molecule has 1 fully saturated rings. The quantitative estimate of drug-likeness (QED) is 0.782. The maximum atomic E-state index is 5.56. The summed E-state index contributed by atoms with van der Waals surface area (Å²) in [5, 5.41) is 4.06. The first kappa shape index (κ1) is 9.45. The van der Waals surface area contributed by atoms with Crippen molar-refractivity contribution >= 4 is 17.3 Å². The van der Waals surface area contributed by atoms with Crippen LogP contribution in [0.25, 0.3) is 5.65 Å². The van der Waals surface area contributed by atoms with E-state index >= 15 is 0 Å². The second-order valence-corrected chi connectivity index (χ2v) is 4.21. The monoisotopic (exact) mass is 217 g/mol. The maximum absolute atomic E-state index is 5.56. The highest BCUT2D eigenvalue weighted by molar-refractivity contribution is 5.57. The number of anilines is 2. The Morgan fingerprint density at radius 1 is 1.19 bits per heavy atom. The van der Waals surface area contributed by atoms with Crippen molar-refractivity contribution in [2.45, 2.75) is 19.3 Å². The van der Waals surface area contributed by atoms with Crippen LogP contribution in [0.3, 0.4) is 0 Å². The number of nitrogen functional groups attached to an aromatic ring is 1. The van der Waals surface area contributed by atoms with Crippen LogP contribution in [0.5, 0.6) is 0 Å². The van der Waals surface area contributed by atoms with Crippen LogP contribution in [0.2, 0.25) is 0 Å².